The molecule has 1 aliphatic rings. The van der Waals surface area contributed by atoms with Gasteiger partial charge in [-0.3, -0.25) is 9.69 Å². The third-order valence-corrected chi connectivity index (χ3v) is 5.02. The molecule has 28 heavy (non-hydrogen) atoms. The molecule has 1 saturated carbocycles. The second-order valence-corrected chi connectivity index (χ2v) is 6.85. The summed E-state index contributed by atoms with van der Waals surface area (Å²) in [6.45, 7) is 6.19. The number of hydrogen-bond donors (Lipinski definition) is 2. The van der Waals surface area contributed by atoms with Gasteiger partial charge in [-0.2, -0.15) is 9.78 Å². The average molecular weight is 389 g/mol. The zero-order chi connectivity index (χ0) is 19.9. The number of amides is 1. The minimum absolute atomic E-state index is 0.0269. The van der Waals surface area contributed by atoms with Crippen molar-refractivity contribution in [2.24, 2.45) is 11.0 Å². The largest absolute Gasteiger partial charge is 0.378 e. The van der Waals surface area contributed by atoms with E-state index in [-0.39, 0.29) is 17.3 Å². The SMILES string of the molecule is CCN(CC)Cc1nnn(-c2nonc2N)c1C(=O)N/N=C\C1CCCCC1. The Bertz CT molecular complexity index is 803. The molecule has 11 heteroatoms. The number of anilines is 1. The molecule has 3 N–H and O–H groups in total. The van der Waals surface area contributed by atoms with E-state index in [1.165, 1.54) is 23.9 Å². The van der Waals surface area contributed by atoms with Gasteiger partial charge >= 0.3 is 0 Å². The highest BCUT2D eigenvalue weighted by Crippen LogP contribution is 2.22. The fourth-order valence-corrected chi connectivity index (χ4v) is 3.33. The van der Waals surface area contributed by atoms with Crippen LogP contribution in [0.1, 0.15) is 62.1 Å². The monoisotopic (exact) mass is 389 g/mol. The Hall–Kier alpha value is -2.82. The first-order valence-electron chi connectivity index (χ1n) is 9.72. The summed E-state index contributed by atoms with van der Waals surface area (Å²) in [5, 5.41) is 19.6. The van der Waals surface area contributed by atoms with Crippen molar-refractivity contribution in [1.29, 1.82) is 0 Å². The van der Waals surface area contributed by atoms with Gasteiger partial charge in [-0.1, -0.05) is 38.3 Å². The van der Waals surface area contributed by atoms with Crippen molar-refractivity contribution in [2.45, 2.75) is 52.5 Å². The first-order chi connectivity index (χ1) is 13.6. The maximum atomic E-state index is 12.9. The van der Waals surface area contributed by atoms with Crippen LogP contribution in [0.25, 0.3) is 5.82 Å². The topological polar surface area (TPSA) is 140 Å². The number of rotatable bonds is 8. The highest BCUT2D eigenvalue weighted by molar-refractivity contribution is 5.94. The van der Waals surface area contributed by atoms with Crippen molar-refractivity contribution in [1.82, 2.24) is 35.6 Å². The molecule has 2 aromatic heterocycles. The van der Waals surface area contributed by atoms with Crippen LogP contribution in [0.2, 0.25) is 0 Å². The lowest BCUT2D eigenvalue weighted by Gasteiger charge is -2.17. The minimum Gasteiger partial charge on any atom is -0.378 e. The number of hydrogen-bond acceptors (Lipinski definition) is 9. The standard InChI is InChI=1S/C17H27N9O2/c1-3-25(4-2)11-13-14(26(24-20-13)16-15(18)22-28-23-16)17(27)21-19-10-12-8-6-5-7-9-12/h10,12H,3-9,11H2,1-2H3,(H2,18,22)(H,21,27)/b19-10-. The van der Waals surface area contributed by atoms with Crippen molar-refractivity contribution in [3.63, 3.8) is 0 Å². The lowest BCUT2D eigenvalue weighted by Crippen LogP contribution is -2.27. The number of aromatic nitrogens is 5. The van der Waals surface area contributed by atoms with Gasteiger partial charge in [-0.15, -0.1) is 5.10 Å². The Labute approximate surface area is 163 Å². The van der Waals surface area contributed by atoms with Gasteiger partial charge in [0, 0.05) is 12.8 Å². The number of nitrogens with two attached hydrogens (primary N) is 1. The van der Waals surface area contributed by atoms with Gasteiger partial charge in [-0.05, 0) is 42.2 Å². The summed E-state index contributed by atoms with van der Waals surface area (Å²) in [5.41, 5.74) is 9.10. The van der Waals surface area contributed by atoms with Crippen LogP contribution >= 0.6 is 0 Å². The summed E-state index contributed by atoms with van der Waals surface area (Å²) in [5.74, 6) is 0.128. The first kappa shape index (κ1) is 19.9. The number of hydrazone groups is 1. The summed E-state index contributed by atoms with van der Waals surface area (Å²) >= 11 is 0. The normalized spacial score (nSPS) is 15.5. The third-order valence-electron chi connectivity index (χ3n) is 5.02. The molecule has 0 aliphatic heterocycles. The molecule has 2 aromatic rings. The molecule has 152 valence electrons. The number of carbonyl (C=O) groups excluding carboxylic acids is 1. The van der Waals surface area contributed by atoms with Crippen LogP contribution in [-0.2, 0) is 6.54 Å². The van der Waals surface area contributed by atoms with Gasteiger partial charge in [0.25, 0.3) is 5.91 Å². The quantitative estimate of drug-likeness (QED) is 0.509. The lowest BCUT2D eigenvalue weighted by atomic mass is 9.90. The molecule has 0 bridgehead atoms. The first-order valence-corrected chi connectivity index (χ1v) is 9.72. The Morgan fingerprint density at radius 2 is 2.07 bits per heavy atom. The Kier molecular flexibility index (Phi) is 6.69. The zero-order valence-electron chi connectivity index (χ0n) is 16.3. The van der Waals surface area contributed by atoms with E-state index >= 15 is 0 Å². The van der Waals surface area contributed by atoms with E-state index in [0.717, 1.165) is 25.9 Å². The van der Waals surface area contributed by atoms with Gasteiger partial charge < -0.3 is 5.73 Å². The average Bonchev–Trinajstić information content (AvgIpc) is 3.32. The maximum Gasteiger partial charge on any atom is 0.292 e. The summed E-state index contributed by atoms with van der Waals surface area (Å²) < 4.78 is 5.89. The van der Waals surface area contributed by atoms with Crippen molar-refractivity contribution < 1.29 is 9.42 Å². The van der Waals surface area contributed by atoms with E-state index < -0.39 is 5.91 Å². The molecule has 3 rings (SSSR count). The smallest absolute Gasteiger partial charge is 0.292 e. The predicted octanol–water partition coefficient (Wildman–Crippen LogP) is 1.37. The molecule has 0 unspecified atom stereocenters. The fraction of sp³-hybridized carbons (Fsp3) is 0.647. The second-order valence-electron chi connectivity index (χ2n) is 6.85. The van der Waals surface area contributed by atoms with Gasteiger partial charge in [0.1, 0.15) is 5.69 Å². The summed E-state index contributed by atoms with van der Waals surface area (Å²) in [6.07, 6.45) is 7.70. The molecule has 0 spiro atoms. The summed E-state index contributed by atoms with van der Waals surface area (Å²) in [7, 11) is 0. The second kappa shape index (κ2) is 9.40. The van der Waals surface area contributed by atoms with Gasteiger partial charge in [0.2, 0.25) is 11.6 Å². The Balaban J connectivity index is 1.83. The zero-order valence-corrected chi connectivity index (χ0v) is 16.3. The Morgan fingerprint density at radius 1 is 1.32 bits per heavy atom. The number of carbonyl (C=O) groups is 1. The molecule has 11 nitrogen and oxygen atoms in total. The van der Waals surface area contributed by atoms with Crippen LogP contribution in [0.4, 0.5) is 5.82 Å². The molecular weight excluding hydrogens is 362 g/mol. The van der Waals surface area contributed by atoms with E-state index in [1.54, 1.807) is 0 Å². The molecule has 0 saturated heterocycles. The molecule has 1 aliphatic carbocycles. The molecule has 0 aromatic carbocycles. The van der Waals surface area contributed by atoms with E-state index in [9.17, 15) is 4.79 Å². The highest BCUT2D eigenvalue weighted by atomic mass is 16.6. The Morgan fingerprint density at radius 3 is 2.71 bits per heavy atom. The van der Waals surface area contributed by atoms with Crippen LogP contribution in [0.5, 0.6) is 0 Å². The lowest BCUT2D eigenvalue weighted by molar-refractivity contribution is 0.0944. The van der Waals surface area contributed by atoms with Gasteiger partial charge in [-0.25, -0.2) is 10.1 Å². The predicted molar refractivity (Wildman–Crippen MR) is 103 cm³/mol. The number of nitrogens with one attached hydrogen (secondary N) is 1. The molecular formula is C17H27N9O2. The van der Waals surface area contributed by atoms with Crippen molar-refractivity contribution in [3.05, 3.63) is 11.4 Å². The van der Waals surface area contributed by atoms with Gasteiger partial charge in [0.05, 0.1) is 0 Å². The molecule has 0 atom stereocenters. The number of nitrogens with zero attached hydrogens (tertiary/aromatic N) is 7. The van der Waals surface area contributed by atoms with E-state index in [1.807, 2.05) is 20.1 Å². The minimum atomic E-state index is -0.429. The van der Waals surface area contributed by atoms with Crippen LogP contribution in [0.15, 0.2) is 9.73 Å². The van der Waals surface area contributed by atoms with Crippen LogP contribution in [-0.4, -0.2) is 55.4 Å². The van der Waals surface area contributed by atoms with Crippen LogP contribution in [0, 0.1) is 5.92 Å². The number of nitrogen functional groups attached to an aromatic ring is 1. The van der Waals surface area contributed by atoms with Crippen molar-refractivity contribution >= 4 is 17.9 Å². The van der Waals surface area contributed by atoms with Gasteiger partial charge in [0.15, 0.2) is 5.69 Å². The summed E-state index contributed by atoms with van der Waals surface area (Å²) in [4.78, 5) is 15.0. The maximum absolute atomic E-state index is 12.9. The highest BCUT2D eigenvalue weighted by Gasteiger charge is 2.25. The molecule has 1 fully saturated rings. The fourth-order valence-electron chi connectivity index (χ4n) is 3.33. The van der Waals surface area contributed by atoms with Crippen molar-refractivity contribution in [2.75, 3.05) is 18.8 Å². The van der Waals surface area contributed by atoms with E-state index in [0.29, 0.717) is 18.2 Å². The van der Waals surface area contributed by atoms with Crippen LogP contribution in [0.3, 0.4) is 0 Å². The molecule has 1 amide bonds. The van der Waals surface area contributed by atoms with E-state index in [4.69, 9.17) is 5.73 Å². The van der Waals surface area contributed by atoms with Crippen LogP contribution < -0.4 is 11.2 Å². The molecule has 2 heterocycles. The molecule has 0 radical (unpaired) electrons. The van der Waals surface area contributed by atoms with E-state index in [2.05, 4.69) is 40.7 Å². The summed E-state index contributed by atoms with van der Waals surface area (Å²) in [6, 6.07) is 0. The third kappa shape index (κ3) is 4.53. The van der Waals surface area contributed by atoms with Crippen molar-refractivity contribution in [3.8, 4) is 5.82 Å².